The Balaban J connectivity index is 1.18. The van der Waals surface area contributed by atoms with Crippen molar-refractivity contribution in [2.45, 2.75) is 30.5 Å². The van der Waals surface area contributed by atoms with Gasteiger partial charge in [-0.3, -0.25) is 14.3 Å². The van der Waals surface area contributed by atoms with Crippen molar-refractivity contribution in [1.82, 2.24) is 24.6 Å². The molecule has 0 spiro atoms. The van der Waals surface area contributed by atoms with Crippen LogP contribution in [0.1, 0.15) is 30.1 Å². The highest BCUT2D eigenvalue weighted by Crippen LogP contribution is 2.41. The van der Waals surface area contributed by atoms with Crippen molar-refractivity contribution in [2.75, 3.05) is 31.9 Å². The minimum absolute atomic E-state index is 0.181. The molecule has 2 aromatic carbocycles. The normalized spacial score (nSPS) is 17.1. The Morgan fingerprint density at radius 3 is 2.26 bits per heavy atom. The minimum atomic E-state index is 0.181. The number of nitrogens with zero attached hydrogens (tertiary/aromatic N) is 5. The average Bonchev–Trinajstić information content (AvgIpc) is 3.58. The van der Waals surface area contributed by atoms with E-state index in [9.17, 15) is 4.79 Å². The summed E-state index contributed by atoms with van der Waals surface area (Å²) >= 11 is 1.50. The third-order valence-corrected chi connectivity index (χ3v) is 6.83. The maximum atomic E-state index is 12.9. The number of carbonyl (C=O) groups excluding carboxylic acids is 1. The van der Waals surface area contributed by atoms with E-state index in [-0.39, 0.29) is 5.91 Å². The summed E-state index contributed by atoms with van der Waals surface area (Å²) in [6, 6.07) is 20.7. The van der Waals surface area contributed by atoms with E-state index in [4.69, 9.17) is 0 Å². The van der Waals surface area contributed by atoms with Crippen LogP contribution in [0.25, 0.3) is 5.69 Å². The monoisotopic (exact) mass is 433 g/mol. The molecule has 2 heterocycles. The van der Waals surface area contributed by atoms with Crippen molar-refractivity contribution in [2.24, 2.45) is 0 Å². The lowest BCUT2D eigenvalue weighted by Gasteiger charge is -2.34. The van der Waals surface area contributed by atoms with E-state index in [0.717, 1.165) is 49.4 Å². The van der Waals surface area contributed by atoms with E-state index in [0.29, 0.717) is 11.7 Å². The summed E-state index contributed by atoms with van der Waals surface area (Å²) in [4.78, 5) is 17.3. The topological polar surface area (TPSA) is 54.3 Å². The van der Waals surface area contributed by atoms with Crippen molar-refractivity contribution in [1.29, 1.82) is 0 Å². The predicted molar refractivity (Wildman–Crippen MR) is 122 cm³/mol. The second kappa shape index (κ2) is 9.24. The number of hydrogen-bond acceptors (Lipinski definition) is 5. The van der Waals surface area contributed by atoms with Gasteiger partial charge in [-0.1, -0.05) is 60.3 Å². The Hall–Kier alpha value is -2.64. The Kier molecular flexibility index (Phi) is 6.04. The van der Waals surface area contributed by atoms with Crippen LogP contribution in [-0.4, -0.2) is 62.4 Å². The van der Waals surface area contributed by atoms with Crippen LogP contribution in [0.4, 0.5) is 0 Å². The smallest absolute Gasteiger partial charge is 0.233 e. The van der Waals surface area contributed by atoms with E-state index >= 15 is 0 Å². The fourth-order valence-electron chi connectivity index (χ4n) is 4.01. The Morgan fingerprint density at radius 1 is 0.903 bits per heavy atom. The number of hydrogen-bond donors (Lipinski definition) is 0. The largest absolute Gasteiger partial charge is 0.339 e. The van der Waals surface area contributed by atoms with Gasteiger partial charge < -0.3 is 4.90 Å². The summed E-state index contributed by atoms with van der Waals surface area (Å²) in [5.41, 5.74) is 2.39. The van der Waals surface area contributed by atoms with Crippen molar-refractivity contribution >= 4 is 17.7 Å². The molecule has 31 heavy (non-hydrogen) atoms. The van der Waals surface area contributed by atoms with Gasteiger partial charge in [0.2, 0.25) is 5.91 Å². The second-order valence-corrected chi connectivity index (χ2v) is 9.16. The maximum Gasteiger partial charge on any atom is 0.233 e. The number of para-hydroxylation sites is 1. The fourth-order valence-corrected chi connectivity index (χ4v) is 4.88. The standard InChI is InChI=1S/C24H27N5OS/c30-22(28-15-13-27(14-16-28)17-19-7-3-1-4-8-19)18-31-24-26-25-23(20-11-12-20)29(24)21-9-5-2-6-10-21/h1-10,20H,11-18H2. The molecule has 0 atom stereocenters. The van der Waals surface area contributed by atoms with E-state index in [2.05, 4.69) is 56.1 Å². The van der Waals surface area contributed by atoms with Crippen molar-refractivity contribution in [3.63, 3.8) is 0 Å². The molecule has 1 amide bonds. The number of benzene rings is 2. The third-order valence-electron chi connectivity index (χ3n) is 5.91. The fraction of sp³-hybridized carbons (Fsp3) is 0.375. The van der Waals surface area contributed by atoms with Gasteiger partial charge in [0.1, 0.15) is 5.82 Å². The number of carbonyl (C=O) groups is 1. The molecule has 0 N–H and O–H groups in total. The first kappa shape index (κ1) is 20.3. The molecule has 2 aliphatic rings. The number of thioether (sulfide) groups is 1. The lowest BCUT2D eigenvalue weighted by Crippen LogP contribution is -2.48. The van der Waals surface area contributed by atoms with Crippen molar-refractivity contribution < 1.29 is 4.79 Å². The van der Waals surface area contributed by atoms with Gasteiger partial charge >= 0.3 is 0 Å². The Morgan fingerprint density at radius 2 is 1.58 bits per heavy atom. The highest BCUT2D eigenvalue weighted by molar-refractivity contribution is 7.99. The molecule has 1 aliphatic carbocycles. The van der Waals surface area contributed by atoms with Crippen LogP contribution < -0.4 is 0 Å². The van der Waals surface area contributed by atoms with Crippen LogP contribution in [0, 0.1) is 0 Å². The molecule has 2 fully saturated rings. The first-order valence-electron chi connectivity index (χ1n) is 11.0. The molecular weight excluding hydrogens is 406 g/mol. The van der Waals surface area contributed by atoms with Gasteiger partial charge in [-0.15, -0.1) is 10.2 Å². The molecule has 3 aromatic rings. The quantitative estimate of drug-likeness (QED) is 0.533. The summed E-state index contributed by atoms with van der Waals surface area (Å²) in [5, 5.41) is 9.69. The molecular formula is C24H27N5OS. The third kappa shape index (κ3) is 4.83. The Bertz CT molecular complexity index is 1010. The summed E-state index contributed by atoms with van der Waals surface area (Å²) in [6.45, 7) is 4.34. The summed E-state index contributed by atoms with van der Waals surface area (Å²) in [5.74, 6) is 2.10. The first-order chi connectivity index (χ1) is 15.3. The van der Waals surface area contributed by atoms with Gasteiger partial charge in [0.05, 0.1) is 5.75 Å². The predicted octanol–water partition coefficient (Wildman–Crippen LogP) is 3.58. The van der Waals surface area contributed by atoms with Crippen LogP contribution in [0.5, 0.6) is 0 Å². The van der Waals surface area contributed by atoms with Crippen LogP contribution in [-0.2, 0) is 11.3 Å². The molecule has 6 nitrogen and oxygen atoms in total. The van der Waals surface area contributed by atoms with Gasteiger partial charge in [-0.25, -0.2) is 0 Å². The van der Waals surface area contributed by atoms with E-state index in [1.165, 1.54) is 30.2 Å². The molecule has 0 radical (unpaired) electrons. The van der Waals surface area contributed by atoms with Crippen LogP contribution in [0.3, 0.4) is 0 Å². The molecule has 1 aliphatic heterocycles. The summed E-state index contributed by atoms with van der Waals surface area (Å²) < 4.78 is 2.13. The zero-order valence-electron chi connectivity index (χ0n) is 17.6. The van der Waals surface area contributed by atoms with Crippen LogP contribution >= 0.6 is 11.8 Å². The SMILES string of the molecule is O=C(CSc1nnc(C2CC2)n1-c1ccccc1)N1CCN(Cc2ccccc2)CC1. The minimum Gasteiger partial charge on any atom is -0.339 e. The molecule has 1 aromatic heterocycles. The number of amides is 1. The zero-order chi connectivity index (χ0) is 21.0. The lowest BCUT2D eigenvalue weighted by atomic mass is 10.2. The van der Waals surface area contributed by atoms with Gasteiger partial charge in [0, 0.05) is 44.3 Å². The van der Waals surface area contributed by atoms with Crippen LogP contribution in [0.15, 0.2) is 65.8 Å². The summed E-state index contributed by atoms with van der Waals surface area (Å²) in [7, 11) is 0. The Labute approximate surface area is 187 Å². The lowest BCUT2D eigenvalue weighted by molar-refractivity contribution is -0.130. The maximum absolute atomic E-state index is 12.9. The van der Waals surface area contributed by atoms with E-state index in [1.54, 1.807) is 0 Å². The van der Waals surface area contributed by atoms with E-state index < -0.39 is 0 Å². The average molecular weight is 434 g/mol. The molecule has 7 heteroatoms. The molecule has 0 unspecified atom stereocenters. The number of piperazine rings is 1. The molecule has 1 saturated heterocycles. The summed E-state index contributed by atoms with van der Waals surface area (Å²) in [6.07, 6.45) is 2.34. The first-order valence-corrected chi connectivity index (χ1v) is 11.9. The highest BCUT2D eigenvalue weighted by Gasteiger charge is 2.31. The zero-order valence-corrected chi connectivity index (χ0v) is 18.4. The van der Waals surface area contributed by atoms with Gasteiger partial charge in [0.15, 0.2) is 5.16 Å². The van der Waals surface area contributed by atoms with Gasteiger partial charge in [-0.2, -0.15) is 0 Å². The van der Waals surface area contributed by atoms with Crippen LogP contribution in [0.2, 0.25) is 0 Å². The second-order valence-electron chi connectivity index (χ2n) is 8.22. The van der Waals surface area contributed by atoms with E-state index in [1.807, 2.05) is 29.2 Å². The van der Waals surface area contributed by atoms with Crippen molar-refractivity contribution in [3.8, 4) is 5.69 Å². The molecule has 5 rings (SSSR count). The van der Waals surface area contributed by atoms with Crippen molar-refractivity contribution in [3.05, 3.63) is 72.1 Å². The number of aromatic nitrogens is 3. The highest BCUT2D eigenvalue weighted by atomic mass is 32.2. The molecule has 0 bridgehead atoms. The van der Waals surface area contributed by atoms with Gasteiger partial charge in [-0.05, 0) is 30.5 Å². The number of rotatable bonds is 7. The molecule has 160 valence electrons. The molecule has 1 saturated carbocycles. The van der Waals surface area contributed by atoms with Gasteiger partial charge in [0.25, 0.3) is 0 Å².